The highest BCUT2D eigenvalue weighted by Gasteiger charge is 2.50. The van der Waals surface area contributed by atoms with Gasteiger partial charge in [-0.2, -0.15) is 0 Å². The molecule has 0 aromatic heterocycles. The minimum atomic E-state index is 0.718. The van der Waals surface area contributed by atoms with E-state index in [-0.39, 0.29) is 0 Å². The van der Waals surface area contributed by atoms with Gasteiger partial charge in [-0.1, -0.05) is 64.4 Å². The van der Waals surface area contributed by atoms with E-state index in [2.05, 4.69) is 63.3 Å². The summed E-state index contributed by atoms with van der Waals surface area (Å²) in [7, 11) is 0. The van der Waals surface area contributed by atoms with Gasteiger partial charge in [0.05, 0.1) is 0 Å². The molecule has 1 aromatic carbocycles. The van der Waals surface area contributed by atoms with Crippen LogP contribution in [0.2, 0.25) is 0 Å². The van der Waals surface area contributed by atoms with Gasteiger partial charge in [-0.25, -0.2) is 0 Å². The van der Waals surface area contributed by atoms with Crippen molar-refractivity contribution in [1.82, 2.24) is 5.32 Å². The largest absolute Gasteiger partial charge is 0.313 e. The highest BCUT2D eigenvalue weighted by molar-refractivity contribution is 5.27. The minimum absolute atomic E-state index is 0.718. The van der Waals surface area contributed by atoms with E-state index in [1.165, 1.54) is 12.8 Å². The Morgan fingerprint density at radius 1 is 1.11 bits per heavy atom. The Morgan fingerprint density at radius 2 is 1.79 bits per heavy atom. The van der Waals surface area contributed by atoms with Crippen LogP contribution in [0.3, 0.4) is 0 Å². The van der Waals surface area contributed by atoms with Crippen LogP contribution in [0, 0.1) is 17.8 Å². The maximum Gasteiger partial charge on any atom is 0.0138 e. The molecule has 1 saturated carbocycles. The first-order valence-electron chi connectivity index (χ1n) is 7.99. The standard InChI is InChI=1S/C18H29N/c1-5-12-19-18-15(6-2)17(16(18)13(3)4)14-10-8-7-9-11-14/h7-11,13,15-19H,5-6,12H2,1-4H3. The van der Waals surface area contributed by atoms with Gasteiger partial charge in [0.1, 0.15) is 0 Å². The summed E-state index contributed by atoms with van der Waals surface area (Å²) in [5, 5.41) is 3.80. The Balaban J connectivity index is 2.17. The third-order valence-electron chi connectivity index (χ3n) is 4.81. The van der Waals surface area contributed by atoms with E-state index in [4.69, 9.17) is 0 Å². The lowest BCUT2D eigenvalue weighted by molar-refractivity contribution is 0.0309. The highest BCUT2D eigenvalue weighted by Crippen LogP contribution is 2.52. The molecule has 4 unspecified atom stereocenters. The molecule has 0 heterocycles. The summed E-state index contributed by atoms with van der Waals surface area (Å²) in [6, 6.07) is 11.9. The first-order chi connectivity index (χ1) is 9.20. The van der Waals surface area contributed by atoms with E-state index in [1.807, 2.05) is 0 Å². The molecule has 106 valence electrons. The number of hydrogen-bond donors (Lipinski definition) is 1. The Kier molecular flexibility index (Phi) is 5.04. The minimum Gasteiger partial charge on any atom is -0.313 e. The zero-order valence-electron chi connectivity index (χ0n) is 12.9. The fourth-order valence-electron chi connectivity index (χ4n) is 3.95. The second-order valence-electron chi connectivity index (χ2n) is 6.31. The second-order valence-corrected chi connectivity index (χ2v) is 6.31. The van der Waals surface area contributed by atoms with Gasteiger partial charge >= 0.3 is 0 Å². The average molecular weight is 259 g/mol. The topological polar surface area (TPSA) is 12.0 Å². The zero-order chi connectivity index (χ0) is 13.8. The molecule has 0 bridgehead atoms. The molecule has 0 amide bonds. The summed E-state index contributed by atoms with van der Waals surface area (Å²) < 4.78 is 0. The van der Waals surface area contributed by atoms with Crippen molar-refractivity contribution in [3.63, 3.8) is 0 Å². The smallest absolute Gasteiger partial charge is 0.0138 e. The lowest BCUT2D eigenvalue weighted by Gasteiger charge is -2.55. The van der Waals surface area contributed by atoms with Crippen molar-refractivity contribution in [2.24, 2.45) is 17.8 Å². The number of rotatable bonds is 6. The molecular weight excluding hydrogens is 230 g/mol. The molecule has 1 N–H and O–H groups in total. The molecular formula is C18H29N. The van der Waals surface area contributed by atoms with Gasteiger partial charge in [0.25, 0.3) is 0 Å². The van der Waals surface area contributed by atoms with E-state index in [9.17, 15) is 0 Å². The van der Waals surface area contributed by atoms with Gasteiger partial charge in [-0.15, -0.1) is 0 Å². The van der Waals surface area contributed by atoms with Gasteiger partial charge in [0.2, 0.25) is 0 Å². The second kappa shape index (κ2) is 6.56. The number of nitrogens with one attached hydrogen (secondary N) is 1. The van der Waals surface area contributed by atoms with E-state index < -0.39 is 0 Å². The molecule has 1 aliphatic carbocycles. The number of hydrogen-bond acceptors (Lipinski definition) is 1. The third-order valence-corrected chi connectivity index (χ3v) is 4.81. The quantitative estimate of drug-likeness (QED) is 0.796. The maximum absolute atomic E-state index is 3.80. The molecule has 1 nitrogen and oxygen atoms in total. The van der Waals surface area contributed by atoms with Crippen LogP contribution in [0.5, 0.6) is 0 Å². The molecule has 0 aliphatic heterocycles. The van der Waals surface area contributed by atoms with E-state index >= 15 is 0 Å². The van der Waals surface area contributed by atoms with E-state index in [0.29, 0.717) is 0 Å². The molecule has 0 spiro atoms. The molecule has 0 saturated heterocycles. The fraction of sp³-hybridized carbons (Fsp3) is 0.667. The molecule has 19 heavy (non-hydrogen) atoms. The van der Waals surface area contributed by atoms with Crippen molar-refractivity contribution >= 4 is 0 Å². The molecule has 1 aliphatic rings. The van der Waals surface area contributed by atoms with Crippen molar-refractivity contribution in [2.45, 2.75) is 52.5 Å². The van der Waals surface area contributed by atoms with Crippen LogP contribution in [0.4, 0.5) is 0 Å². The van der Waals surface area contributed by atoms with Crippen molar-refractivity contribution in [3.8, 4) is 0 Å². The predicted octanol–water partition coefficient (Wildman–Crippen LogP) is 4.45. The first kappa shape index (κ1) is 14.6. The summed E-state index contributed by atoms with van der Waals surface area (Å²) >= 11 is 0. The van der Waals surface area contributed by atoms with Crippen LogP contribution >= 0.6 is 0 Å². The Morgan fingerprint density at radius 3 is 2.32 bits per heavy atom. The van der Waals surface area contributed by atoms with Crippen LogP contribution in [-0.2, 0) is 0 Å². The van der Waals surface area contributed by atoms with Crippen molar-refractivity contribution in [2.75, 3.05) is 6.54 Å². The summed E-state index contributed by atoms with van der Waals surface area (Å²) in [4.78, 5) is 0. The molecule has 4 atom stereocenters. The first-order valence-corrected chi connectivity index (χ1v) is 7.99. The fourth-order valence-corrected chi connectivity index (χ4v) is 3.95. The van der Waals surface area contributed by atoms with Crippen molar-refractivity contribution in [1.29, 1.82) is 0 Å². The lowest BCUT2D eigenvalue weighted by Crippen LogP contribution is -2.58. The molecule has 2 rings (SSSR count). The summed E-state index contributed by atoms with van der Waals surface area (Å²) in [5.41, 5.74) is 1.54. The Bertz CT molecular complexity index is 371. The average Bonchev–Trinajstić information content (AvgIpc) is 2.39. The summed E-state index contributed by atoms with van der Waals surface area (Å²) in [6.45, 7) is 10.5. The Labute approximate surface area is 118 Å². The summed E-state index contributed by atoms with van der Waals surface area (Å²) in [5.74, 6) is 3.10. The zero-order valence-corrected chi connectivity index (χ0v) is 12.9. The predicted molar refractivity (Wildman–Crippen MR) is 83.4 cm³/mol. The SMILES string of the molecule is CCCNC1C(CC)C(c2ccccc2)C1C(C)C. The third kappa shape index (κ3) is 2.86. The monoisotopic (exact) mass is 259 g/mol. The Hall–Kier alpha value is -0.820. The lowest BCUT2D eigenvalue weighted by atomic mass is 9.54. The van der Waals surface area contributed by atoms with Crippen LogP contribution in [0.25, 0.3) is 0 Å². The van der Waals surface area contributed by atoms with Crippen molar-refractivity contribution < 1.29 is 0 Å². The highest BCUT2D eigenvalue weighted by atomic mass is 15.0. The number of benzene rings is 1. The van der Waals surface area contributed by atoms with Crippen LogP contribution in [-0.4, -0.2) is 12.6 Å². The molecule has 1 heteroatoms. The van der Waals surface area contributed by atoms with Crippen molar-refractivity contribution in [3.05, 3.63) is 35.9 Å². The van der Waals surface area contributed by atoms with Crippen LogP contribution < -0.4 is 5.32 Å². The van der Waals surface area contributed by atoms with Gasteiger partial charge in [-0.05, 0) is 42.2 Å². The van der Waals surface area contributed by atoms with Gasteiger partial charge in [0, 0.05) is 6.04 Å². The van der Waals surface area contributed by atoms with Gasteiger partial charge in [0.15, 0.2) is 0 Å². The maximum atomic E-state index is 3.80. The van der Waals surface area contributed by atoms with Gasteiger partial charge in [-0.3, -0.25) is 0 Å². The molecule has 1 aromatic rings. The van der Waals surface area contributed by atoms with E-state index in [1.54, 1.807) is 5.56 Å². The van der Waals surface area contributed by atoms with Gasteiger partial charge < -0.3 is 5.32 Å². The molecule has 0 radical (unpaired) electrons. The normalized spacial score (nSPS) is 30.4. The van der Waals surface area contributed by atoms with Crippen LogP contribution in [0.15, 0.2) is 30.3 Å². The summed E-state index contributed by atoms with van der Waals surface area (Å²) in [6.07, 6.45) is 2.51. The van der Waals surface area contributed by atoms with E-state index in [0.717, 1.165) is 36.3 Å². The van der Waals surface area contributed by atoms with Crippen LogP contribution in [0.1, 0.15) is 52.0 Å². The molecule has 1 fully saturated rings.